The highest BCUT2D eigenvalue weighted by Gasteiger charge is 2.24. The molecule has 2 aromatic carbocycles. The van der Waals surface area contributed by atoms with Crippen molar-refractivity contribution >= 4 is 11.7 Å². The third-order valence-electron chi connectivity index (χ3n) is 4.81. The van der Waals surface area contributed by atoms with Crippen molar-refractivity contribution in [3.8, 4) is 11.1 Å². The van der Waals surface area contributed by atoms with E-state index in [0.29, 0.717) is 6.54 Å². The molecule has 0 unspecified atom stereocenters. The first-order valence-corrected chi connectivity index (χ1v) is 9.03. The molecule has 1 atom stereocenters. The average molecular weight is 338 g/mol. The Morgan fingerprint density at radius 1 is 1.12 bits per heavy atom. The van der Waals surface area contributed by atoms with Crippen LogP contribution >= 0.6 is 0 Å². The second kappa shape index (κ2) is 8.17. The topological polar surface area (TPSA) is 52.6 Å². The number of aryl methyl sites for hydroxylation is 1. The van der Waals surface area contributed by atoms with Gasteiger partial charge in [0.1, 0.15) is 0 Å². The number of hydrogen-bond acceptors (Lipinski definition) is 2. The molecular formula is C21H26N2O2. The number of likely N-dealkylation sites (tertiary alicyclic amines) is 1. The Bertz CT molecular complexity index is 729. The summed E-state index contributed by atoms with van der Waals surface area (Å²) in [4.78, 5) is 14.5. The molecule has 0 radical (unpaired) electrons. The number of anilines is 1. The number of rotatable bonds is 3. The number of benzene rings is 2. The van der Waals surface area contributed by atoms with Gasteiger partial charge in [-0.1, -0.05) is 54.8 Å². The van der Waals surface area contributed by atoms with Crippen LogP contribution in [0.2, 0.25) is 0 Å². The Morgan fingerprint density at radius 3 is 2.64 bits per heavy atom. The number of nitrogens with one attached hydrogen (secondary N) is 1. The molecular weight excluding hydrogens is 312 g/mol. The van der Waals surface area contributed by atoms with Crippen molar-refractivity contribution in [2.24, 2.45) is 0 Å². The van der Waals surface area contributed by atoms with E-state index in [4.69, 9.17) is 0 Å². The summed E-state index contributed by atoms with van der Waals surface area (Å²) >= 11 is 0. The fraction of sp³-hybridized carbons (Fsp3) is 0.381. The van der Waals surface area contributed by atoms with Crippen molar-refractivity contribution in [2.75, 3.05) is 18.5 Å². The maximum Gasteiger partial charge on any atom is 0.322 e. The molecule has 1 saturated heterocycles. The van der Waals surface area contributed by atoms with Gasteiger partial charge in [-0.2, -0.15) is 0 Å². The molecule has 1 aliphatic heterocycles. The van der Waals surface area contributed by atoms with Crippen LogP contribution in [0.25, 0.3) is 11.1 Å². The molecule has 2 amide bonds. The average Bonchev–Trinajstić information content (AvgIpc) is 2.87. The Hall–Kier alpha value is -2.33. The van der Waals surface area contributed by atoms with Crippen molar-refractivity contribution in [3.63, 3.8) is 0 Å². The molecule has 2 N–H and O–H groups in total. The first-order chi connectivity index (χ1) is 12.2. The number of nitrogens with zero attached hydrogens (tertiary/aromatic N) is 1. The van der Waals surface area contributed by atoms with Crippen molar-refractivity contribution in [1.29, 1.82) is 0 Å². The Labute approximate surface area is 149 Å². The SMILES string of the molecule is Cc1cccc(-c2cccc(NC(=O)N3CCCCC[C@@H]3CO)c2)c1. The van der Waals surface area contributed by atoms with Gasteiger partial charge in [-0.3, -0.25) is 0 Å². The van der Waals surface area contributed by atoms with Crippen LogP contribution in [0.4, 0.5) is 10.5 Å². The van der Waals surface area contributed by atoms with E-state index in [1.165, 1.54) is 5.56 Å². The van der Waals surface area contributed by atoms with Gasteiger partial charge in [0.25, 0.3) is 0 Å². The van der Waals surface area contributed by atoms with Gasteiger partial charge < -0.3 is 15.3 Å². The van der Waals surface area contributed by atoms with E-state index in [-0.39, 0.29) is 18.7 Å². The van der Waals surface area contributed by atoms with Crippen molar-refractivity contribution < 1.29 is 9.90 Å². The number of hydrogen-bond donors (Lipinski definition) is 2. The molecule has 4 nitrogen and oxygen atoms in total. The summed E-state index contributed by atoms with van der Waals surface area (Å²) in [6.07, 6.45) is 4.04. The summed E-state index contributed by atoms with van der Waals surface area (Å²) in [5, 5.41) is 12.6. The molecule has 0 aliphatic carbocycles. The molecule has 2 aromatic rings. The lowest BCUT2D eigenvalue weighted by molar-refractivity contribution is 0.142. The molecule has 25 heavy (non-hydrogen) atoms. The highest BCUT2D eigenvalue weighted by molar-refractivity contribution is 5.90. The lowest BCUT2D eigenvalue weighted by Crippen LogP contribution is -2.44. The normalized spacial score (nSPS) is 17.8. The minimum Gasteiger partial charge on any atom is -0.394 e. The van der Waals surface area contributed by atoms with Gasteiger partial charge in [0.15, 0.2) is 0 Å². The number of amides is 2. The van der Waals surface area contributed by atoms with E-state index in [2.05, 4.69) is 30.4 Å². The van der Waals surface area contributed by atoms with Crippen LogP contribution in [0.3, 0.4) is 0 Å². The second-order valence-electron chi connectivity index (χ2n) is 6.76. The van der Waals surface area contributed by atoms with Crippen LogP contribution in [0.5, 0.6) is 0 Å². The fourth-order valence-electron chi connectivity index (χ4n) is 3.43. The van der Waals surface area contributed by atoms with E-state index in [9.17, 15) is 9.90 Å². The third kappa shape index (κ3) is 4.40. The quantitative estimate of drug-likeness (QED) is 0.870. The molecule has 3 rings (SSSR count). The van der Waals surface area contributed by atoms with Crippen molar-refractivity contribution in [3.05, 3.63) is 54.1 Å². The van der Waals surface area contributed by atoms with Gasteiger partial charge in [0.2, 0.25) is 0 Å². The van der Waals surface area contributed by atoms with Gasteiger partial charge in [0.05, 0.1) is 12.6 Å². The van der Waals surface area contributed by atoms with E-state index >= 15 is 0 Å². The molecule has 1 aliphatic rings. The number of carbonyl (C=O) groups excluding carboxylic acids is 1. The lowest BCUT2D eigenvalue weighted by atomic mass is 10.0. The predicted octanol–water partition coefficient (Wildman–Crippen LogP) is 4.43. The minimum absolute atomic E-state index is 0.0246. The molecule has 0 aromatic heterocycles. The van der Waals surface area contributed by atoms with Crippen LogP contribution in [0.15, 0.2) is 48.5 Å². The third-order valence-corrected chi connectivity index (χ3v) is 4.81. The fourth-order valence-corrected chi connectivity index (χ4v) is 3.43. The van der Waals surface area contributed by atoms with E-state index in [1.807, 2.05) is 30.3 Å². The summed E-state index contributed by atoms with van der Waals surface area (Å²) in [7, 11) is 0. The van der Waals surface area contributed by atoms with Crippen molar-refractivity contribution in [2.45, 2.75) is 38.6 Å². The largest absolute Gasteiger partial charge is 0.394 e. The highest BCUT2D eigenvalue weighted by Crippen LogP contribution is 2.24. The summed E-state index contributed by atoms with van der Waals surface area (Å²) in [6, 6.07) is 16.0. The molecule has 1 heterocycles. The van der Waals surface area contributed by atoms with E-state index in [1.54, 1.807) is 4.90 Å². The zero-order valence-corrected chi connectivity index (χ0v) is 14.7. The monoisotopic (exact) mass is 338 g/mol. The second-order valence-corrected chi connectivity index (χ2v) is 6.76. The number of carbonyl (C=O) groups is 1. The summed E-state index contributed by atoms with van der Waals surface area (Å²) in [5.41, 5.74) is 4.21. The summed E-state index contributed by atoms with van der Waals surface area (Å²) in [6.45, 7) is 2.80. The zero-order chi connectivity index (χ0) is 17.6. The molecule has 4 heteroatoms. The molecule has 132 valence electrons. The zero-order valence-electron chi connectivity index (χ0n) is 14.7. The number of aliphatic hydroxyl groups excluding tert-OH is 1. The van der Waals surface area contributed by atoms with Crippen molar-refractivity contribution in [1.82, 2.24) is 4.90 Å². The van der Waals surface area contributed by atoms with Gasteiger partial charge >= 0.3 is 6.03 Å². The minimum atomic E-state index is -0.123. The van der Waals surface area contributed by atoms with Crippen LogP contribution in [0.1, 0.15) is 31.2 Å². The maximum absolute atomic E-state index is 12.7. The van der Waals surface area contributed by atoms with E-state index < -0.39 is 0 Å². The Kier molecular flexibility index (Phi) is 5.71. The smallest absolute Gasteiger partial charge is 0.322 e. The van der Waals surface area contributed by atoms with Crippen LogP contribution in [-0.4, -0.2) is 35.2 Å². The van der Waals surface area contributed by atoms with E-state index in [0.717, 1.165) is 42.5 Å². The van der Waals surface area contributed by atoms with Gasteiger partial charge in [0, 0.05) is 12.2 Å². The molecule has 0 spiro atoms. The number of aliphatic hydroxyl groups is 1. The number of urea groups is 1. The van der Waals surface area contributed by atoms with Crippen LogP contribution < -0.4 is 5.32 Å². The highest BCUT2D eigenvalue weighted by atomic mass is 16.3. The van der Waals surface area contributed by atoms with Crippen LogP contribution in [0, 0.1) is 6.92 Å². The van der Waals surface area contributed by atoms with Crippen LogP contribution in [-0.2, 0) is 0 Å². The standard InChI is InChI=1S/C21H26N2O2/c1-16-7-5-8-17(13-16)18-9-6-10-19(14-18)22-21(25)23-12-4-2-3-11-20(23)15-24/h5-10,13-14,20,24H,2-4,11-12,15H2,1H3,(H,22,25)/t20-/m1/s1. The summed E-state index contributed by atoms with van der Waals surface area (Å²) < 4.78 is 0. The lowest BCUT2D eigenvalue weighted by Gasteiger charge is -2.28. The van der Waals surface area contributed by atoms with Gasteiger partial charge in [-0.15, -0.1) is 0 Å². The first kappa shape index (κ1) is 17.5. The molecule has 1 fully saturated rings. The Morgan fingerprint density at radius 2 is 1.88 bits per heavy atom. The first-order valence-electron chi connectivity index (χ1n) is 9.03. The summed E-state index contributed by atoms with van der Waals surface area (Å²) in [5.74, 6) is 0. The Balaban J connectivity index is 1.76. The maximum atomic E-state index is 12.7. The van der Waals surface area contributed by atoms with Gasteiger partial charge in [-0.25, -0.2) is 4.79 Å². The molecule has 0 bridgehead atoms. The van der Waals surface area contributed by atoms with Gasteiger partial charge in [-0.05, 0) is 43.0 Å². The molecule has 0 saturated carbocycles. The predicted molar refractivity (Wildman–Crippen MR) is 102 cm³/mol.